The Hall–Kier alpha value is -0.700. The molecular weight excluding hydrogens is 108 g/mol. The molecule has 0 aliphatic rings. The maximum absolute atomic E-state index is 5.10. The number of allylic oxidation sites excluding steroid dienone is 1. The number of hydrogen-bond acceptors (Lipinski definition) is 0. The summed E-state index contributed by atoms with van der Waals surface area (Å²) >= 11 is 0. The minimum Gasteiger partial charge on any atom is -0.120 e. The van der Waals surface area contributed by atoms with Gasteiger partial charge in [0.1, 0.15) is 0 Å². The zero-order chi connectivity index (χ0) is 7.11. The second kappa shape index (κ2) is 5.44. The van der Waals surface area contributed by atoms with Crippen LogP contribution in [0.15, 0.2) is 12.7 Å². The van der Waals surface area contributed by atoms with E-state index in [4.69, 9.17) is 6.42 Å². The van der Waals surface area contributed by atoms with Crippen LogP contribution in [0.25, 0.3) is 0 Å². The molecule has 0 aliphatic heterocycles. The summed E-state index contributed by atoms with van der Waals surface area (Å²) in [5.41, 5.74) is 0. The molecule has 1 atom stereocenters. The van der Waals surface area contributed by atoms with Crippen LogP contribution in [0.2, 0.25) is 0 Å². The van der Waals surface area contributed by atoms with Gasteiger partial charge in [-0.2, -0.15) is 0 Å². The van der Waals surface area contributed by atoms with Crippen LogP contribution < -0.4 is 0 Å². The topological polar surface area (TPSA) is 0 Å². The van der Waals surface area contributed by atoms with Crippen molar-refractivity contribution in [2.24, 2.45) is 5.92 Å². The SMILES string of the molecule is C#CCCC(C)CC=C. The van der Waals surface area contributed by atoms with Gasteiger partial charge in [-0.05, 0) is 18.8 Å². The number of rotatable bonds is 4. The smallest absolute Gasteiger partial charge is 0.00887 e. The van der Waals surface area contributed by atoms with E-state index in [0.717, 1.165) is 19.3 Å². The summed E-state index contributed by atoms with van der Waals surface area (Å²) in [6.07, 6.45) is 10.2. The maximum atomic E-state index is 5.10. The third-order valence-electron chi connectivity index (χ3n) is 1.35. The van der Waals surface area contributed by atoms with Crippen LogP contribution in [0.4, 0.5) is 0 Å². The van der Waals surface area contributed by atoms with Crippen molar-refractivity contribution in [3.05, 3.63) is 12.7 Å². The third-order valence-corrected chi connectivity index (χ3v) is 1.35. The minimum absolute atomic E-state index is 0.707. The Labute approximate surface area is 58.0 Å². The lowest BCUT2D eigenvalue weighted by molar-refractivity contribution is 0.551. The van der Waals surface area contributed by atoms with Crippen LogP contribution in [0, 0.1) is 18.3 Å². The average Bonchev–Trinajstić information content (AvgIpc) is 1.85. The van der Waals surface area contributed by atoms with Crippen LogP contribution in [-0.4, -0.2) is 0 Å². The van der Waals surface area contributed by atoms with Gasteiger partial charge in [-0.25, -0.2) is 0 Å². The molecule has 0 N–H and O–H groups in total. The Kier molecular flexibility index (Phi) is 5.01. The fourth-order valence-electron chi connectivity index (χ4n) is 0.732. The monoisotopic (exact) mass is 122 g/mol. The summed E-state index contributed by atoms with van der Waals surface area (Å²) in [6, 6.07) is 0. The molecule has 0 spiro atoms. The van der Waals surface area contributed by atoms with Crippen molar-refractivity contribution in [2.45, 2.75) is 26.2 Å². The van der Waals surface area contributed by atoms with Crippen LogP contribution in [0.3, 0.4) is 0 Å². The van der Waals surface area contributed by atoms with Gasteiger partial charge < -0.3 is 0 Å². The van der Waals surface area contributed by atoms with Gasteiger partial charge >= 0.3 is 0 Å². The largest absolute Gasteiger partial charge is 0.120 e. The lowest BCUT2D eigenvalue weighted by Crippen LogP contribution is -1.90. The van der Waals surface area contributed by atoms with E-state index in [9.17, 15) is 0 Å². The summed E-state index contributed by atoms with van der Waals surface area (Å²) in [6.45, 7) is 5.85. The van der Waals surface area contributed by atoms with Gasteiger partial charge in [0.15, 0.2) is 0 Å². The normalized spacial score (nSPS) is 12.0. The second-order valence-electron chi connectivity index (χ2n) is 2.37. The van der Waals surface area contributed by atoms with Crippen molar-refractivity contribution < 1.29 is 0 Å². The zero-order valence-corrected chi connectivity index (χ0v) is 6.06. The molecule has 0 amide bonds. The Morgan fingerprint density at radius 3 is 2.89 bits per heavy atom. The first-order valence-electron chi connectivity index (χ1n) is 3.35. The molecule has 0 aromatic rings. The van der Waals surface area contributed by atoms with E-state index in [1.165, 1.54) is 0 Å². The molecule has 0 saturated carbocycles. The second-order valence-corrected chi connectivity index (χ2v) is 2.37. The molecule has 0 aliphatic carbocycles. The Bertz CT molecular complexity index is 106. The lowest BCUT2D eigenvalue weighted by atomic mass is 10.0. The predicted molar refractivity (Wildman–Crippen MR) is 42.0 cm³/mol. The first-order chi connectivity index (χ1) is 4.31. The number of hydrogen-bond donors (Lipinski definition) is 0. The standard InChI is InChI=1S/C9H14/c1-4-6-8-9(3)7-5-2/h1,5,9H,2,6-8H2,3H3. The van der Waals surface area contributed by atoms with Gasteiger partial charge in [-0.1, -0.05) is 13.0 Å². The summed E-state index contributed by atoms with van der Waals surface area (Å²) in [4.78, 5) is 0. The molecule has 0 radical (unpaired) electrons. The Morgan fingerprint density at radius 2 is 2.44 bits per heavy atom. The van der Waals surface area contributed by atoms with Crippen molar-refractivity contribution >= 4 is 0 Å². The van der Waals surface area contributed by atoms with Gasteiger partial charge in [0, 0.05) is 6.42 Å². The highest BCUT2D eigenvalue weighted by atomic mass is 14.0. The van der Waals surface area contributed by atoms with Crippen LogP contribution in [0.1, 0.15) is 26.2 Å². The summed E-state index contributed by atoms with van der Waals surface area (Å²) in [5, 5.41) is 0. The molecule has 0 heterocycles. The van der Waals surface area contributed by atoms with Crippen LogP contribution in [-0.2, 0) is 0 Å². The molecular formula is C9H14. The van der Waals surface area contributed by atoms with Crippen molar-refractivity contribution in [3.8, 4) is 12.3 Å². The first-order valence-corrected chi connectivity index (χ1v) is 3.35. The molecule has 50 valence electrons. The van der Waals surface area contributed by atoms with E-state index in [2.05, 4.69) is 19.4 Å². The van der Waals surface area contributed by atoms with E-state index in [1.807, 2.05) is 6.08 Å². The van der Waals surface area contributed by atoms with E-state index >= 15 is 0 Å². The van der Waals surface area contributed by atoms with Crippen molar-refractivity contribution in [3.63, 3.8) is 0 Å². The number of terminal acetylenes is 1. The van der Waals surface area contributed by atoms with Gasteiger partial charge in [-0.3, -0.25) is 0 Å². The van der Waals surface area contributed by atoms with Crippen molar-refractivity contribution in [1.82, 2.24) is 0 Å². The molecule has 9 heavy (non-hydrogen) atoms. The molecule has 0 nitrogen and oxygen atoms in total. The van der Waals surface area contributed by atoms with E-state index in [-0.39, 0.29) is 0 Å². The molecule has 0 fully saturated rings. The van der Waals surface area contributed by atoms with Gasteiger partial charge in [0.05, 0.1) is 0 Å². The lowest BCUT2D eigenvalue weighted by Gasteiger charge is -2.03. The molecule has 0 aromatic heterocycles. The van der Waals surface area contributed by atoms with Crippen LogP contribution in [0.5, 0.6) is 0 Å². The van der Waals surface area contributed by atoms with Gasteiger partial charge in [-0.15, -0.1) is 18.9 Å². The third kappa shape index (κ3) is 5.17. The van der Waals surface area contributed by atoms with E-state index < -0.39 is 0 Å². The average molecular weight is 122 g/mol. The van der Waals surface area contributed by atoms with Crippen LogP contribution >= 0.6 is 0 Å². The fourth-order valence-corrected chi connectivity index (χ4v) is 0.732. The predicted octanol–water partition coefficient (Wildman–Crippen LogP) is 2.61. The maximum Gasteiger partial charge on any atom is 0.00887 e. The van der Waals surface area contributed by atoms with E-state index in [1.54, 1.807) is 0 Å². The summed E-state index contributed by atoms with van der Waals surface area (Å²) < 4.78 is 0. The Morgan fingerprint density at radius 1 is 1.78 bits per heavy atom. The highest BCUT2D eigenvalue weighted by molar-refractivity contribution is 4.84. The summed E-state index contributed by atoms with van der Waals surface area (Å²) in [5.74, 6) is 3.33. The quantitative estimate of drug-likeness (QED) is 0.397. The minimum atomic E-state index is 0.707. The molecule has 0 bridgehead atoms. The van der Waals surface area contributed by atoms with Crippen molar-refractivity contribution in [1.29, 1.82) is 0 Å². The van der Waals surface area contributed by atoms with E-state index in [0.29, 0.717) is 5.92 Å². The molecule has 1 unspecified atom stereocenters. The Balaban J connectivity index is 3.17. The highest BCUT2D eigenvalue weighted by Crippen LogP contribution is 2.08. The molecule has 0 saturated heterocycles. The van der Waals surface area contributed by atoms with Crippen molar-refractivity contribution in [2.75, 3.05) is 0 Å². The molecule has 0 heteroatoms. The molecule has 0 rings (SSSR count). The first kappa shape index (κ1) is 8.30. The molecule has 0 aromatic carbocycles. The van der Waals surface area contributed by atoms with Gasteiger partial charge in [0.2, 0.25) is 0 Å². The van der Waals surface area contributed by atoms with Gasteiger partial charge in [0.25, 0.3) is 0 Å². The summed E-state index contributed by atoms with van der Waals surface area (Å²) in [7, 11) is 0. The zero-order valence-electron chi connectivity index (χ0n) is 6.06. The highest BCUT2D eigenvalue weighted by Gasteiger charge is 1.95. The fraction of sp³-hybridized carbons (Fsp3) is 0.556.